The minimum absolute atomic E-state index is 0.0765. The molecule has 0 aliphatic heterocycles. The molecule has 0 saturated heterocycles. The summed E-state index contributed by atoms with van der Waals surface area (Å²) in [7, 11) is 0. The third kappa shape index (κ3) is 1.37. The van der Waals surface area contributed by atoms with E-state index >= 15 is 0 Å². The predicted molar refractivity (Wildman–Crippen MR) is 66.2 cm³/mol. The van der Waals surface area contributed by atoms with Gasteiger partial charge in [0.15, 0.2) is 0 Å². The number of aromatic nitrogens is 2. The molecule has 0 fully saturated rings. The zero-order chi connectivity index (χ0) is 12.0. The lowest BCUT2D eigenvalue weighted by Gasteiger charge is -2.07. The van der Waals surface area contributed by atoms with Gasteiger partial charge in [0.05, 0.1) is 6.33 Å². The highest BCUT2D eigenvalue weighted by Crippen LogP contribution is 2.24. The molecule has 17 heavy (non-hydrogen) atoms. The quantitative estimate of drug-likeness (QED) is 0.643. The summed E-state index contributed by atoms with van der Waals surface area (Å²) in [6.45, 7) is 3.88. The molecule has 0 spiro atoms. The van der Waals surface area contributed by atoms with Crippen LogP contribution in [0.2, 0.25) is 0 Å². The van der Waals surface area contributed by atoms with E-state index in [1.807, 2.05) is 38.1 Å². The zero-order valence-electron chi connectivity index (χ0n) is 9.68. The van der Waals surface area contributed by atoms with Crippen molar-refractivity contribution in [1.82, 2.24) is 9.55 Å². The van der Waals surface area contributed by atoms with Crippen LogP contribution in [0.25, 0.3) is 22.1 Å². The maximum atomic E-state index is 12.2. The number of para-hydroxylation sites is 1. The Morgan fingerprint density at radius 2 is 2.06 bits per heavy atom. The normalized spacial score (nSPS) is 11.7. The van der Waals surface area contributed by atoms with Gasteiger partial charge in [0.25, 0.3) is 5.56 Å². The minimum atomic E-state index is -0.124. The number of nitrogens with zero attached hydrogens (tertiary/aromatic N) is 2. The summed E-state index contributed by atoms with van der Waals surface area (Å²) in [6, 6.07) is 7.62. The van der Waals surface area contributed by atoms with Crippen LogP contribution in [0.5, 0.6) is 0 Å². The van der Waals surface area contributed by atoms with Crippen LogP contribution in [0, 0.1) is 0 Å². The second kappa shape index (κ2) is 3.45. The van der Waals surface area contributed by atoms with Gasteiger partial charge in [-0.05, 0) is 26.0 Å². The first kappa shape index (κ1) is 10.1. The Labute approximate surface area is 97.5 Å². The van der Waals surface area contributed by atoms with E-state index in [-0.39, 0.29) is 11.6 Å². The molecule has 0 bridgehead atoms. The molecule has 0 aliphatic carbocycles. The van der Waals surface area contributed by atoms with Gasteiger partial charge in [-0.2, -0.15) is 0 Å². The summed E-state index contributed by atoms with van der Waals surface area (Å²) in [5.74, 6) is 0. The molecular formula is C13H12N2O2. The summed E-state index contributed by atoms with van der Waals surface area (Å²) in [5, 5.41) is 0.885. The van der Waals surface area contributed by atoms with E-state index in [2.05, 4.69) is 4.98 Å². The molecule has 3 rings (SSSR count). The van der Waals surface area contributed by atoms with Crippen LogP contribution in [0.4, 0.5) is 0 Å². The van der Waals surface area contributed by atoms with Gasteiger partial charge in [-0.15, -0.1) is 0 Å². The number of benzene rings is 1. The van der Waals surface area contributed by atoms with Crippen molar-refractivity contribution < 1.29 is 4.42 Å². The van der Waals surface area contributed by atoms with Crippen molar-refractivity contribution in [3.05, 3.63) is 40.9 Å². The number of hydrogen-bond donors (Lipinski definition) is 0. The van der Waals surface area contributed by atoms with Crippen molar-refractivity contribution in [3.63, 3.8) is 0 Å². The maximum Gasteiger partial charge on any atom is 0.297 e. The van der Waals surface area contributed by atoms with Crippen LogP contribution >= 0.6 is 0 Å². The topological polar surface area (TPSA) is 48.0 Å². The largest absolute Gasteiger partial charge is 0.448 e. The molecule has 4 nitrogen and oxygen atoms in total. The van der Waals surface area contributed by atoms with E-state index in [0.717, 1.165) is 5.39 Å². The fraction of sp³-hybridized carbons (Fsp3) is 0.231. The lowest BCUT2D eigenvalue weighted by molar-refractivity contribution is 0.559. The smallest absolute Gasteiger partial charge is 0.297 e. The average molecular weight is 228 g/mol. The standard InChI is InChI=1S/C13H12N2O2/c1-8(2)15-7-14-11-9-5-3-4-6-10(9)17-12(11)13(15)16/h3-8H,1-2H3. The van der Waals surface area contributed by atoms with Crippen molar-refractivity contribution in [2.75, 3.05) is 0 Å². The fourth-order valence-corrected chi connectivity index (χ4v) is 1.96. The molecule has 0 aliphatic rings. The van der Waals surface area contributed by atoms with Gasteiger partial charge in [-0.1, -0.05) is 12.1 Å². The Morgan fingerprint density at radius 3 is 2.82 bits per heavy atom. The van der Waals surface area contributed by atoms with Crippen LogP contribution in [-0.4, -0.2) is 9.55 Å². The Kier molecular flexibility index (Phi) is 2.04. The second-order valence-electron chi connectivity index (χ2n) is 4.33. The van der Waals surface area contributed by atoms with Crippen LogP contribution in [0.1, 0.15) is 19.9 Å². The van der Waals surface area contributed by atoms with Gasteiger partial charge < -0.3 is 4.42 Å². The minimum Gasteiger partial charge on any atom is -0.448 e. The molecular weight excluding hydrogens is 216 g/mol. The Hall–Kier alpha value is -2.10. The van der Waals surface area contributed by atoms with Gasteiger partial charge in [0.1, 0.15) is 11.1 Å². The molecule has 0 amide bonds. The van der Waals surface area contributed by atoms with Crippen LogP contribution in [0.3, 0.4) is 0 Å². The summed E-state index contributed by atoms with van der Waals surface area (Å²) >= 11 is 0. The highest BCUT2D eigenvalue weighted by molar-refractivity contribution is 6.01. The van der Waals surface area contributed by atoms with Crippen molar-refractivity contribution in [2.24, 2.45) is 0 Å². The lowest BCUT2D eigenvalue weighted by Crippen LogP contribution is -2.21. The van der Waals surface area contributed by atoms with E-state index in [9.17, 15) is 4.79 Å². The van der Waals surface area contributed by atoms with Gasteiger partial charge in [0, 0.05) is 11.4 Å². The first-order valence-corrected chi connectivity index (χ1v) is 5.57. The molecule has 0 radical (unpaired) electrons. The number of hydrogen-bond acceptors (Lipinski definition) is 3. The number of rotatable bonds is 1. The third-order valence-corrected chi connectivity index (χ3v) is 2.87. The molecule has 1 aromatic carbocycles. The molecule has 0 atom stereocenters. The molecule has 0 unspecified atom stereocenters. The third-order valence-electron chi connectivity index (χ3n) is 2.87. The van der Waals surface area contributed by atoms with Gasteiger partial charge in [-0.25, -0.2) is 4.98 Å². The molecule has 86 valence electrons. The predicted octanol–water partition coefficient (Wildman–Crippen LogP) is 2.72. The van der Waals surface area contributed by atoms with Crippen molar-refractivity contribution in [1.29, 1.82) is 0 Å². The summed E-state index contributed by atoms with van der Waals surface area (Å²) in [6.07, 6.45) is 1.58. The van der Waals surface area contributed by atoms with Gasteiger partial charge in [-0.3, -0.25) is 9.36 Å². The SMILES string of the molecule is CC(C)n1cnc2c(oc3ccccc32)c1=O. The van der Waals surface area contributed by atoms with E-state index in [0.29, 0.717) is 16.7 Å². The summed E-state index contributed by atoms with van der Waals surface area (Å²) in [4.78, 5) is 16.5. The zero-order valence-corrected chi connectivity index (χ0v) is 9.68. The highest BCUT2D eigenvalue weighted by atomic mass is 16.3. The van der Waals surface area contributed by atoms with Crippen LogP contribution in [-0.2, 0) is 0 Å². The van der Waals surface area contributed by atoms with E-state index in [4.69, 9.17) is 4.42 Å². The average Bonchev–Trinajstić information content (AvgIpc) is 2.69. The Bertz CT molecular complexity index is 753. The second-order valence-corrected chi connectivity index (χ2v) is 4.33. The first-order chi connectivity index (χ1) is 8.18. The number of furan rings is 1. The highest BCUT2D eigenvalue weighted by Gasteiger charge is 2.13. The number of fused-ring (bicyclic) bond motifs is 3. The van der Waals surface area contributed by atoms with Gasteiger partial charge in [0.2, 0.25) is 5.58 Å². The maximum absolute atomic E-state index is 12.2. The van der Waals surface area contributed by atoms with Crippen molar-refractivity contribution in [3.8, 4) is 0 Å². The monoisotopic (exact) mass is 228 g/mol. The van der Waals surface area contributed by atoms with Gasteiger partial charge >= 0.3 is 0 Å². The summed E-state index contributed by atoms with van der Waals surface area (Å²) < 4.78 is 7.15. The molecule has 2 heterocycles. The Morgan fingerprint density at radius 1 is 1.29 bits per heavy atom. The first-order valence-electron chi connectivity index (χ1n) is 5.57. The van der Waals surface area contributed by atoms with Crippen molar-refractivity contribution >= 4 is 22.1 Å². The fourth-order valence-electron chi connectivity index (χ4n) is 1.96. The van der Waals surface area contributed by atoms with Crippen LogP contribution < -0.4 is 5.56 Å². The van der Waals surface area contributed by atoms with E-state index in [1.54, 1.807) is 10.9 Å². The Balaban J connectivity index is 2.49. The van der Waals surface area contributed by atoms with E-state index in [1.165, 1.54) is 0 Å². The molecule has 2 aromatic heterocycles. The summed E-state index contributed by atoms with van der Waals surface area (Å²) in [5.41, 5.74) is 1.56. The molecule has 4 heteroatoms. The lowest BCUT2D eigenvalue weighted by atomic mass is 10.2. The van der Waals surface area contributed by atoms with E-state index < -0.39 is 0 Å². The van der Waals surface area contributed by atoms with Crippen molar-refractivity contribution in [2.45, 2.75) is 19.9 Å². The molecule has 0 saturated carbocycles. The molecule has 3 aromatic rings. The molecule has 0 N–H and O–H groups in total. The van der Waals surface area contributed by atoms with Crippen LogP contribution in [0.15, 0.2) is 39.8 Å².